The molecule has 2 aromatic carbocycles. The van der Waals surface area contributed by atoms with Crippen molar-refractivity contribution in [3.63, 3.8) is 0 Å². The molecule has 3 atom stereocenters. The molecule has 0 spiro atoms. The fourth-order valence-electron chi connectivity index (χ4n) is 3.19. The van der Waals surface area contributed by atoms with Crippen LogP contribution in [0, 0.1) is 5.92 Å². The lowest BCUT2D eigenvalue weighted by atomic mass is 9.71. The van der Waals surface area contributed by atoms with Crippen LogP contribution in [0.5, 0.6) is 0 Å². The first-order valence-electron chi connectivity index (χ1n) is 6.74. The molecule has 2 heteroatoms. The summed E-state index contributed by atoms with van der Waals surface area (Å²) in [6.45, 7) is 0.102. The Labute approximate surface area is 113 Å². The zero-order chi connectivity index (χ0) is 13.2. The second-order valence-corrected chi connectivity index (χ2v) is 5.21. The molecule has 0 aliphatic heterocycles. The van der Waals surface area contributed by atoms with Gasteiger partial charge in [0.15, 0.2) is 0 Å². The quantitative estimate of drug-likeness (QED) is 0.865. The van der Waals surface area contributed by atoms with Gasteiger partial charge in [-0.3, -0.25) is 0 Å². The minimum atomic E-state index is -0.465. The number of hydrogen-bond acceptors (Lipinski definition) is 2. The summed E-state index contributed by atoms with van der Waals surface area (Å²) in [5.41, 5.74) is 3.36. The van der Waals surface area contributed by atoms with Gasteiger partial charge in [0.2, 0.25) is 0 Å². The molecular formula is C17H18O2. The second kappa shape index (κ2) is 5.16. The number of fused-ring (bicyclic) bond motifs is 1. The van der Waals surface area contributed by atoms with E-state index >= 15 is 0 Å². The highest BCUT2D eigenvalue weighted by atomic mass is 16.3. The second-order valence-electron chi connectivity index (χ2n) is 5.21. The van der Waals surface area contributed by atoms with Gasteiger partial charge in [0.25, 0.3) is 0 Å². The van der Waals surface area contributed by atoms with E-state index < -0.39 is 6.10 Å². The van der Waals surface area contributed by atoms with Gasteiger partial charge in [0.05, 0.1) is 6.10 Å². The van der Waals surface area contributed by atoms with Crippen LogP contribution in [0.15, 0.2) is 54.6 Å². The highest BCUT2D eigenvalue weighted by molar-refractivity contribution is 5.42. The lowest BCUT2D eigenvalue weighted by molar-refractivity contribution is 0.0958. The maximum absolute atomic E-state index is 10.2. The van der Waals surface area contributed by atoms with Crippen LogP contribution in [0.25, 0.3) is 0 Å². The van der Waals surface area contributed by atoms with Gasteiger partial charge in [-0.15, -0.1) is 0 Å². The Kier molecular flexibility index (Phi) is 3.36. The number of aliphatic hydroxyl groups is 2. The molecule has 3 unspecified atom stereocenters. The van der Waals surface area contributed by atoms with E-state index in [9.17, 15) is 10.2 Å². The van der Waals surface area contributed by atoms with Crippen LogP contribution < -0.4 is 0 Å². The van der Waals surface area contributed by atoms with E-state index in [-0.39, 0.29) is 18.4 Å². The first-order valence-corrected chi connectivity index (χ1v) is 6.74. The van der Waals surface area contributed by atoms with Crippen molar-refractivity contribution in [2.45, 2.75) is 18.4 Å². The summed E-state index contributed by atoms with van der Waals surface area (Å²) >= 11 is 0. The Morgan fingerprint density at radius 1 is 0.895 bits per heavy atom. The Bertz CT molecular complexity index is 550. The van der Waals surface area contributed by atoms with Crippen molar-refractivity contribution >= 4 is 0 Å². The molecule has 0 heterocycles. The average molecular weight is 254 g/mol. The first kappa shape index (κ1) is 12.4. The van der Waals surface area contributed by atoms with Crippen LogP contribution in [0.3, 0.4) is 0 Å². The highest BCUT2D eigenvalue weighted by Crippen LogP contribution is 2.44. The number of hydrogen-bond donors (Lipinski definition) is 2. The summed E-state index contributed by atoms with van der Waals surface area (Å²) in [4.78, 5) is 0. The van der Waals surface area contributed by atoms with Gasteiger partial charge in [-0.05, 0) is 29.0 Å². The molecule has 2 aromatic rings. The number of benzene rings is 2. The Balaban J connectivity index is 2.12. The zero-order valence-electron chi connectivity index (χ0n) is 10.7. The molecule has 0 saturated heterocycles. The molecule has 98 valence electrons. The van der Waals surface area contributed by atoms with Crippen molar-refractivity contribution in [1.82, 2.24) is 0 Å². The van der Waals surface area contributed by atoms with Crippen LogP contribution in [0.1, 0.15) is 35.1 Å². The summed E-state index contributed by atoms with van der Waals surface area (Å²) in [5, 5.41) is 19.9. The van der Waals surface area contributed by atoms with Gasteiger partial charge >= 0.3 is 0 Å². The largest absolute Gasteiger partial charge is 0.396 e. The van der Waals surface area contributed by atoms with E-state index in [0.717, 1.165) is 11.1 Å². The zero-order valence-corrected chi connectivity index (χ0v) is 10.7. The molecule has 0 amide bonds. The lowest BCUT2D eigenvalue weighted by Crippen LogP contribution is -2.27. The van der Waals surface area contributed by atoms with Gasteiger partial charge in [-0.2, -0.15) is 0 Å². The van der Waals surface area contributed by atoms with Crippen LogP contribution >= 0.6 is 0 Å². The van der Waals surface area contributed by atoms with E-state index in [1.165, 1.54) is 5.56 Å². The summed E-state index contributed by atoms with van der Waals surface area (Å²) < 4.78 is 0. The minimum absolute atomic E-state index is 0.0762. The maximum atomic E-state index is 10.2. The fraction of sp³-hybridized carbons (Fsp3) is 0.294. The smallest absolute Gasteiger partial charge is 0.0796 e. The average Bonchev–Trinajstić information content (AvgIpc) is 2.48. The normalized spacial score (nSPS) is 25.9. The standard InChI is InChI=1S/C17H18O2/c18-11-13-10-16(19)14-8-4-5-9-15(14)17(13)12-6-2-1-3-7-12/h1-9,13,16-19H,10-11H2. The van der Waals surface area contributed by atoms with E-state index in [1.54, 1.807) is 0 Å². The van der Waals surface area contributed by atoms with Crippen molar-refractivity contribution in [1.29, 1.82) is 0 Å². The summed E-state index contributed by atoms with van der Waals surface area (Å²) in [5.74, 6) is 0.248. The number of aliphatic hydroxyl groups excluding tert-OH is 2. The Morgan fingerprint density at radius 3 is 2.21 bits per heavy atom. The molecule has 2 N–H and O–H groups in total. The van der Waals surface area contributed by atoms with Gasteiger partial charge in [-0.1, -0.05) is 54.6 Å². The van der Waals surface area contributed by atoms with Crippen molar-refractivity contribution in [3.05, 3.63) is 71.3 Å². The molecule has 0 aromatic heterocycles. The molecule has 0 saturated carbocycles. The van der Waals surface area contributed by atoms with Gasteiger partial charge < -0.3 is 10.2 Å². The SMILES string of the molecule is OCC1CC(O)c2ccccc2C1c1ccccc1. The molecular weight excluding hydrogens is 236 g/mol. The van der Waals surface area contributed by atoms with E-state index in [1.807, 2.05) is 36.4 Å². The molecule has 0 radical (unpaired) electrons. The van der Waals surface area contributed by atoms with E-state index in [2.05, 4.69) is 18.2 Å². The van der Waals surface area contributed by atoms with Crippen LogP contribution in [0.2, 0.25) is 0 Å². The van der Waals surface area contributed by atoms with Crippen molar-refractivity contribution < 1.29 is 10.2 Å². The van der Waals surface area contributed by atoms with Gasteiger partial charge in [-0.25, -0.2) is 0 Å². The fourth-order valence-corrected chi connectivity index (χ4v) is 3.19. The third-order valence-corrected chi connectivity index (χ3v) is 4.08. The van der Waals surface area contributed by atoms with Crippen molar-refractivity contribution in [2.24, 2.45) is 5.92 Å². The van der Waals surface area contributed by atoms with Crippen molar-refractivity contribution in [2.75, 3.05) is 6.61 Å². The van der Waals surface area contributed by atoms with Crippen LogP contribution in [0.4, 0.5) is 0 Å². The Morgan fingerprint density at radius 2 is 1.53 bits per heavy atom. The third-order valence-electron chi connectivity index (χ3n) is 4.08. The maximum Gasteiger partial charge on any atom is 0.0796 e. The lowest BCUT2D eigenvalue weighted by Gasteiger charge is -2.35. The predicted molar refractivity (Wildman–Crippen MR) is 74.9 cm³/mol. The molecule has 2 nitrogen and oxygen atoms in total. The third kappa shape index (κ3) is 2.18. The summed E-state index contributed by atoms with van der Waals surface area (Å²) in [7, 11) is 0. The van der Waals surface area contributed by atoms with Gasteiger partial charge in [0, 0.05) is 12.5 Å². The highest BCUT2D eigenvalue weighted by Gasteiger charge is 2.34. The molecule has 1 aliphatic rings. The predicted octanol–water partition coefficient (Wildman–Crippen LogP) is 2.86. The molecule has 19 heavy (non-hydrogen) atoms. The minimum Gasteiger partial charge on any atom is -0.396 e. The molecule has 3 rings (SSSR count). The topological polar surface area (TPSA) is 40.5 Å². The van der Waals surface area contributed by atoms with E-state index in [0.29, 0.717) is 6.42 Å². The Hall–Kier alpha value is -1.64. The van der Waals surface area contributed by atoms with Gasteiger partial charge in [0.1, 0.15) is 0 Å². The molecule has 0 fully saturated rings. The van der Waals surface area contributed by atoms with Crippen LogP contribution in [-0.4, -0.2) is 16.8 Å². The number of rotatable bonds is 2. The van der Waals surface area contributed by atoms with Crippen LogP contribution in [-0.2, 0) is 0 Å². The first-order chi connectivity index (χ1) is 9.31. The van der Waals surface area contributed by atoms with E-state index in [4.69, 9.17) is 0 Å². The summed E-state index contributed by atoms with van der Waals surface area (Å²) in [6, 6.07) is 18.3. The molecule has 1 aliphatic carbocycles. The summed E-state index contributed by atoms with van der Waals surface area (Å²) in [6.07, 6.45) is 0.154. The molecule has 0 bridgehead atoms. The monoisotopic (exact) mass is 254 g/mol. The van der Waals surface area contributed by atoms with Crippen molar-refractivity contribution in [3.8, 4) is 0 Å².